The predicted octanol–water partition coefficient (Wildman–Crippen LogP) is 5.21. The third-order valence-electron chi connectivity index (χ3n) is 4.06. The number of hydrogen-bond donors (Lipinski definition) is 1. The molecule has 1 N–H and O–H groups in total. The fourth-order valence-electron chi connectivity index (χ4n) is 2.94. The second-order valence-corrected chi connectivity index (χ2v) is 6.18. The number of piperazine rings is 1. The minimum absolute atomic E-state index is 0. The summed E-state index contributed by atoms with van der Waals surface area (Å²) in [7, 11) is 0. The molecule has 2 nitrogen and oxygen atoms in total. The Kier molecular flexibility index (Phi) is 8.01. The molecule has 0 aliphatic carbocycles. The van der Waals surface area contributed by atoms with Crippen LogP contribution in [0.4, 0.5) is 30.7 Å². The number of benzene rings is 1. The summed E-state index contributed by atoms with van der Waals surface area (Å²) < 4.78 is 92.3. The quantitative estimate of drug-likeness (QED) is 0.662. The summed E-state index contributed by atoms with van der Waals surface area (Å²) in [6.45, 7) is 1.22. The van der Waals surface area contributed by atoms with Crippen LogP contribution in [0.15, 0.2) is 12.1 Å². The van der Waals surface area contributed by atoms with Crippen LogP contribution in [0.5, 0.6) is 0 Å². The van der Waals surface area contributed by atoms with E-state index in [0.29, 0.717) is 19.2 Å². The molecule has 1 aliphatic heterocycles. The van der Waals surface area contributed by atoms with Gasteiger partial charge in [0.15, 0.2) is 0 Å². The Morgan fingerprint density at radius 3 is 2.15 bits per heavy atom. The number of nitrogens with zero attached hydrogens (tertiary/aromatic N) is 1. The van der Waals surface area contributed by atoms with E-state index in [1.807, 2.05) is 0 Å². The van der Waals surface area contributed by atoms with E-state index in [1.54, 1.807) is 0 Å². The van der Waals surface area contributed by atoms with Gasteiger partial charge in [-0.3, -0.25) is 4.90 Å². The van der Waals surface area contributed by atoms with Gasteiger partial charge in [0.25, 0.3) is 0 Å². The molecule has 0 unspecified atom stereocenters. The van der Waals surface area contributed by atoms with Gasteiger partial charge in [-0.1, -0.05) is 11.6 Å². The monoisotopic (exact) mass is 428 g/mol. The van der Waals surface area contributed by atoms with Crippen molar-refractivity contribution in [1.29, 1.82) is 0 Å². The van der Waals surface area contributed by atoms with Crippen LogP contribution in [-0.4, -0.2) is 37.3 Å². The Morgan fingerprint density at radius 1 is 1.08 bits per heavy atom. The van der Waals surface area contributed by atoms with Gasteiger partial charge in [0.05, 0.1) is 10.6 Å². The molecule has 0 bridgehead atoms. The largest absolute Gasteiger partial charge is 0.416 e. The molecule has 1 heterocycles. The highest BCUT2D eigenvalue weighted by Crippen LogP contribution is 2.42. The number of halogens is 9. The van der Waals surface area contributed by atoms with Gasteiger partial charge in [-0.2, -0.15) is 26.3 Å². The van der Waals surface area contributed by atoms with Crippen molar-refractivity contribution in [3.63, 3.8) is 0 Å². The summed E-state index contributed by atoms with van der Waals surface area (Å²) in [4.78, 5) is 1.44. The van der Waals surface area contributed by atoms with Crippen molar-refractivity contribution in [3.8, 4) is 0 Å². The molecule has 2 rings (SSSR count). The molecule has 0 radical (unpaired) electrons. The van der Waals surface area contributed by atoms with Gasteiger partial charge < -0.3 is 5.32 Å². The van der Waals surface area contributed by atoms with E-state index < -0.39 is 53.2 Å². The molecule has 150 valence electrons. The lowest BCUT2D eigenvalue weighted by Crippen LogP contribution is -2.46. The highest BCUT2D eigenvalue weighted by atomic mass is 35.5. The van der Waals surface area contributed by atoms with Gasteiger partial charge in [-0.25, -0.2) is 4.39 Å². The Hall–Kier alpha value is -0.770. The third kappa shape index (κ3) is 5.87. The molecule has 1 saturated heterocycles. The van der Waals surface area contributed by atoms with Crippen molar-refractivity contribution in [2.75, 3.05) is 26.2 Å². The zero-order valence-electron chi connectivity index (χ0n) is 13.4. The highest BCUT2D eigenvalue weighted by molar-refractivity contribution is 6.30. The summed E-state index contributed by atoms with van der Waals surface area (Å²) >= 11 is 5.61. The minimum Gasteiger partial charge on any atom is -0.314 e. The number of nitrogens with one attached hydrogen (secondary N) is 1. The van der Waals surface area contributed by atoms with E-state index in [-0.39, 0.29) is 25.5 Å². The van der Waals surface area contributed by atoms with Crippen LogP contribution in [0, 0.1) is 5.82 Å². The standard InChI is InChI=1S/C15H16ClF7N2.ClH/c16-10-2-1-9(15(21,22)23)12(13(10)17)11(3-4-14(18,19)20)25-7-5-24-6-8-25;/h1-2,11,24H,3-8H2;1H/t11-;/m1./s1. The van der Waals surface area contributed by atoms with E-state index in [0.717, 1.165) is 6.07 Å². The lowest BCUT2D eigenvalue weighted by Gasteiger charge is -2.36. The fraction of sp³-hybridized carbons (Fsp3) is 0.600. The molecule has 1 aromatic carbocycles. The van der Waals surface area contributed by atoms with E-state index >= 15 is 0 Å². The predicted molar refractivity (Wildman–Crippen MR) is 86.1 cm³/mol. The highest BCUT2D eigenvalue weighted by Gasteiger charge is 2.40. The van der Waals surface area contributed by atoms with Crippen molar-refractivity contribution >= 4 is 24.0 Å². The summed E-state index contributed by atoms with van der Waals surface area (Å²) in [5.74, 6) is -1.32. The van der Waals surface area contributed by atoms with Gasteiger partial charge in [0.2, 0.25) is 0 Å². The van der Waals surface area contributed by atoms with E-state index in [1.165, 1.54) is 4.90 Å². The minimum atomic E-state index is -4.90. The second kappa shape index (κ2) is 8.95. The van der Waals surface area contributed by atoms with Crippen LogP contribution >= 0.6 is 24.0 Å². The Labute approximate surface area is 157 Å². The summed E-state index contributed by atoms with van der Waals surface area (Å²) in [6.07, 6.45) is -11.4. The zero-order chi connectivity index (χ0) is 18.8. The van der Waals surface area contributed by atoms with Crippen molar-refractivity contribution in [2.45, 2.75) is 31.2 Å². The number of alkyl halides is 6. The van der Waals surface area contributed by atoms with Crippen LogP contribution in [0.25, 0.3) is 0 Å². The Bertz CT molecular complexity index is 599. The lowest BCUT2D eigenvalue weighted by atomic mass is 9.93. The van der Waals surface area contributed by atoms with Crippen LogP contribution < -0.4 is 5.32 Å². The average Bonchev–Trinajstić information content (AvgIpc) is 2.50. The van der Waals surface area contributed by atoms with Crippen molar-refractivity contribution in [1.82, 2.24) is 10.2 Å². The van der Waals surface area contributed by atoms with Crippen molar-refractivity contribution in [2.24, 2.45) is 0 Å². The summed E-state index contributed by atoms with van der Waals surface area (Å²) in [5.41, 5.74) is -2.11. The second-order valence-electron chi connectivity index (χ2n) is 5.78. The van der Waals surface area contributed by atoms with Crippen LogP contribution in [0.1, 0.15) is 30.0 Å². The molecule has 0 spiro atoms. The zero-order valence-corrected chi connectivity index (χ0v) is 14.9. The molecule has 11 heteroatoms. The molecule has 0 saturated carbocycles. The van der Waals surface area contributed by atoms with Crippen molar-refractivity contribution in [3.05, 3.63) is 34.1 Å². The molecule has 1 fully saturated rings. The smallest absolute Gasteiger partial charge is 0.314 e. The van der Waals surface area contributed by atoms with E-state index in [2.05, 4.69) is 5.32 Å². The maximum atomic E-state index is 14.5. The molecule has 1 aromatic rings. The Morgan fingerprint density at radius 2 is 1.65 bits per heavy atom. The Balaban J connectivity index is 0.00000338. The van der Waals surface area contributed by atoms with E-state index in [9.17, 15) is 30.7 Å². The number of hydrogen-bond acceptors (Lipinski definition) is 2. The lowest BCUT2D eigenvalue weighted by molar-refractivity contribution is -0.141. The van der Waals surface area contributed by atoms with Crippen LogP contribution in [-0.2, 0) is 6.18 Å². The first kappa shape index (κ1) is 23.3. The molecule has 0 amide bonds. The molecule has 26 heavy (non-hydrogen) atoms. The fourth-order valence-corrected chi connectivity index (χ4v) is 3.11. The molecule has 1 aliphatic rings. The topological polar surface area (TPSA) is 15.3 Å². The average molecular weight is 429 g/mol. The first-order valence-electron chi connectivity index (χ1n) is 7.57. The first-order valence-corrected chi connectivity index (χ1v) is 7.95. The van der Waals surface area contributed by atoms with Gasteiger partial charge in [0, 0.05) is 44.2 Å². The molecular weight excluding hydrogens is 412 g/mol. The summed E-state index contributed by atoms with van der Waals surface area (Å²) in [5, 5.41) is 2.41. The number of rotatable bonds is 4. The van der Waals surface area contributed by atoms with Crippen molar-refractivity contribution < 1.29 is 30.7 Å². The van der Waals surface area contributed by atoms with Gasteiger partial charge in [-0.05, 0) is 18.6 Å². The maximum Gasteiger partial charge on any atom is 0.416 e. The third-order valence-corrected chi connectivity index (χ3v) is 4.36. The normalized spacial score (nSPS) is 17.7. The SMILES string of the molecule is Cl.Fc1c(Cl)ccc(C(F)(F)F)c1[C@@H](CCC(F)(F)F)N1CCNCC1. The summed E-state index contributed by atoms with van der Waals surface area (Å²) in [6, 6.07) is 0.0183. The first-order chi connectivity index (χ1) is 11.5. The van der Waals surface area contributed by atoms with Gasteiger partial charge >= 0.3 is 12.4 Å². The van der Waals surface area contributed by atoms with Crippen LogP contribution in [0.3, 0.4) is 0 Å². The van der Waals surface area contributed by atoms with Crippen LogP contribution in [0.2, 0.25) is 5.02 Å². The van der Waals surface area contributed by atoms with E-state index in [4.69, 9.17) is 11.6 Å². The molecular formula is C15H17Cl2F7N2. The molecule has 1 atom stereocenters. The maximum absolute atomic E-state index is 14.5. The molecule has 0 aromatic heterocycles. The van der Waals surface area contributed by atoms with Gasteiger partial charge in [0.1, 0.15) is 5.82 Å². The van der Waals surface area contributed by atoms with Gasteiger partial charge in [-0.15, -0.1) is 12.4 Å².